The van der Waals surface area contributed by atoms with E-state index in [1.54, 1.807) is 6.20 Å². The summed E-state index contributed by atoms with van der Waals surface area (Å²) >= 11 is 0. The minimum atomic E-state index is 0.977. The minimum absolute atomic E-state index is 0.977. The first-order valence-electron chi connectivity index (χ1n) is 4.76. The van der Waals surface area contributed by atoms with Gasteiger partial charge in [0.25, 0.3) is 0 Å². The second-order valence-electron chi connectivity index (χ2n) is 3.51. The van der Waals surface area contributed by atoms with Crippen molar-refractivity contribution in [2.45, 2.75) is 13.1 Å². The smallest absolute Gasteiger partial charge is 0.0648 e. The molecule has 0 saturated heterocycles. The highest BCUT2D eigenvalue weighted by Crippen LogP contribution is 2.18. The zero-order valence-corrected chi connectivity index (χ0v) is 7.77. The Morgan fingerprint density at radius 1 is 1.21 bits per heavy atom. The average molecular weight is 185 g/mol. The number of benzene rings is 1. The van der Waals surface area contributed by atoms with Crippen LogP contribution in [0.4, 0.5) is 0 Å². The fraction of sp³-hybridized carbons (Fsp3) is 0.182. The van der Waals surface area contributed by atoms with Gasteiger partial charge in [0.1, 0.15) is 0 Å². The van der Waals surface area contributed by atoms with Crippen molar-refractivity contribution in [2.24, 2.45) is 0 Å². The zero-order valence-electron chi connectivity index (χ0n) is 7.77. The predicted molar refractivity (Wildman–Crippen MR) is 54.1 cm³/mol. The van der Waals surface area contributed by atoms with E-state index >= 15 is 0 Å². The molecule has 2 aromatic rings. The second-order valence-corrected chi connectivity index (χ2v) is 3.51. The van der Waals surface area contributed by atoms with Crippen molar-refractivity contribution >= 4 is 0 Å². The van der Waals surface area contributed by atoms with Gasteiger partial charge in [-0.05, 0) is 29.3 Å². The van der Waals surface area contributed by atoms with Crippen LogP contribution < -0.4 is 5.32 Å². The Bertz CT molecular complexity index is 446. The van der Waals surface area contributed by atoms with E-state index in [1.807, 2.05) is 16.9 Å². The summed E-state index contributed by atoms with van der Waals surface area (Å²) in [5.74, 6) is 0. The molecule has 14 heavy (non-hydrogen) atoms. The van der Waals surface area contributed by atoms with Crippen molar-refractivity contribution in [3.8, 4) is 5.69 Å². The van der Waals surface area contributed by atoms with Gasteiger partial charge in [0, 0.05) is 25.5 Å². The maximum Gasteiger partial charge on any atom is 0.0648 e. The number of hydrogen-bond donors (Lipinski definition) is 1. The van der Waals surface area contributed by atoms with Crippen LogP contribution in [0.3, 0.4) is 0 Å². The van der Waals surface area contributed by atoms with Crippen molar-refractivity contribution < 1.29 is 0 Å². The molecule has 0 atom stereocenters. The van der Waals surface area contributed by atoms with Crippen molar-refractivity contribution in [3.63, 3.8) is 0 Å². The lowest BCUT2D eigenvalue weighted by Crippen LogP contribution is -2.00. The molecule has 1 aromatic carbocycles. The Balaban J connectivity index is 2.09. The molecule has 0 radical (unpaired) electrons. The molecule has 70 valence electrons. The van der Waals surface area contributed by atoms with E-state index in [2.05, 4.69) is 28.6 Å². The molecular weight excluding hydrogens is 174 g/mol. The third kappa shape index (κ3) is 1.14. The van der Waals surface area contributed by atoms with Gasteiger partial charge in [-0.2, -0.15) is 5.10 Å². The number of nitrogens with one attached hydrogen (secondary N) is 1. The van der Waals surface area contributed by atoms with Crippen molar-refractivity contribution in [1.82, 2.24) is 15.1 Å². The minimum Gasteiger partial charge on any atom is -0.309 e. The van der Waals surface area contributed by atoms with Gasteiger partial charge in [0.2, 0.25) is 0 Å². The Kier molecular flexibility index (Phi) is 1.64. The third-order valence-corrected chi connectivity index (χ3v) is 2.59. The van der Waals surface area contributed by atoms with E-state index < -0.39 is 0 Å². The van der Waals surface area contributed by atoms with Gasteiger partial charge >= 0.3 is 0 Å². The normalized spacial score (nSPS) is 14.3. The number of nitrogens with zero attached hydrogens (tertiary/aromatic N) is 2. The van der Waals surface area contributed by atoms with Crippen LogP contribution in [-0.2, 0) is 13.1 Å². The summed E-state index contributed by atoms with van der Waals surface area (Å²) in [6, 6.07) is 8.42. The fourth-order valence-electron chi connectivity index (χ4n) is 1.85. The maximum absolute atomic E-state index is 4.21. The summed E-state index contributed by atoms with van der Waals surface area (Å²) in [6.45, 7) is 1.97. The molecule has 1 N–H and O–H groups in total. The third-order valence-electron chi connectivity index (χ3n) is 2.59. The molecule has 0 amide bonds. The molecule has 0 saturated carbocycles. The van der Waals surface area contributed by atoms with Crippen LogP contribution in [0.5, 0.6) is 0 Å². The highest BCUT2D eigenvalue weighted by atomic mass is 15.3. The topological polar surface area (TPSA) is 29.9 Å². The summed E-state index contributed by atoms with van der Waals surface area (Å²) in [6.07, 6.45) is 3.76. The highest BCUT2D eigenvalue weighted by Gasteiger charge is 2.10. The predicted octanol–water partition coefficient (Wildman–Crippen LogP) is 1.48. The van der Waals surface area contributed by atoms with Crippen LogP contribution in [0, 0.1) is 0 Å². The van der Waals surface area contributed by atoms with Crippen LogP contribution in [0.15, 0.2) is 36.7 Å². The molecule has 2 heterocycles. The van der Waals surface area contributed by atoms with Crippen LogP contribution in [0.25, 0.3) is 5.69 Å². The van der Waals surface area contributed by atoms with Crippen molar-refractivity contribution in [2.75, 3.05) is 0 Å². The number of fused-ring (bicyclic) bond motifs is 1. The van der Waals surface area contributed by atoms with Crippen LogP contribution in [0.2, 0.25) is 0 Å². The quantitative estimate of drug-likeness (QED) is 0.729. The van der Waals surface area contributed by atoms with E-state index in [4.69, 9.17) is 0 Å². The number of aromatic nitrogens is 2. The van der Waals surface area contributed by atoms with Gasteiger partial charge in [0.05, 0.1) is 5.69 Å². The van der Waals surface area contributed by atoms with Crippen molar-refractivity contribution in [3.05, 3.63) is 47.8 Å². The molecule has 3 nitrogen and oxygen atoms in total. The molecule has 1 aromatic heterocycles. The monoisotopic (exact) mass is 185 g/mol. The lowest BCUT2D eigenvalue weighted by atomic mass is 10.1. The average Bonchev–Trinajstić information content (AvgIpc) is 2.88. The first-order chi connectivity index (χ1) is 6.93. The molecular formula is C11H11N3. The zero-order chi connectivity index (χ0) is 9.38. The first-order valence-corrected chi connectivity index (χ1v) is 4.76. The van der Waals surface area contributed by atoms with E-state index in [0.29, 0.717) is 0 Å². The lowest BCUT2D eigenvalue weighted by molar-refractivity contribution is 0.764. The molecule has 0 aliphatic carbocycles. The largest absolute Gasteiger partial charge is 0.309 e. The summed E-state index contributed by atoms with van der Waals surface area (Å²) in [5.41, 5.74) is 3.93. The van der Waals surface area contributed by atoms with Gasteiger partial charge in [-0.15, -0.1) is 0 Å². The Morgan fingerprint density at radius 3 is 3.00 bits per heavy atom. The van der Waals surface area contributed by atoms with Gasteiger partial charge in [0.15, 0.2) is 0 Å². The molecule has 0 unspecified atom stereocenters. The Morgan fingerprint density at radius 2 is 2.14 bits per heavy atom. The van der Waals surface area contributed by atoms with Crippen LogP contribution in [0.1, 0.15) is 11.1 Å². The second kappa shape index (κ2) is 2.96. The Hall–Kier alpha value is -1.61. The molecule has 1 aliphatic heterocycles. The van der Waals surface area contributed by atoms with Crippen LogP contribution in [-0.4, -0.2) is 9.78 Å². The first kappa shape index (κ1) is 7.76. The maximum atomic E-state index is 4.21. The van der Waals surface area contributed by atoms with Gasteiger partial charge in [-0.1, -0.05) is 6.07 Å². The highest BCUT2D eigenvalue weighted by molar-refractivity contribution is 5.41. The van der Waals surface area contributed by atoms with E-state index in [0.717, 1.165) is 18.8 Å². The van der Waals surface area contributed by atoms with Crippen molar-refractivity contribution in [1.29, 1.82) is 0 Å². The molecule has 0 bridgehead atoms. The Labute approximate surface area is 82.4 Å². The molecule has 0 fully saturated rings. The van der Waals surface area contributed by atoms with E-state index in [-0.39, 0.29) is 0 Å². The summed E-state index contributed by atoms with van der Waals surface area (Å²) in [7, 11) is 0. The van der Waals surface area contributed by atoms with E-state index in [1.165, 1.54) is 11.1 Å². The molecule has 1 aliphatic rings. The summed E-state index contributed by atoms with van der Waals surface area (Å²) in [4.78, 5) is 0. The molecule has 3 rings (SSSR count). The SMILES string of the molecule is c1cnn(-c2ccc3c(c2)CNC3)c1. The molecule has 3 heteroatoms. The fourth-order valence-corrected chi connectivity index (χ4v) is 1.85. The van der Waals surface area contributed by atoms with Crippen LogP contribution >= 0.6 is 0 Å². The standard InChI is InChI=1S/C11H11N3/c1-4-13-14(5-1)11-3-2-9-7-12-8-10(9)6-11/h1-6,12H,7-8H2. The summed E-state index contributed by atoms with van der Waals surface area (Å²) < 4.78 is 1.89. The van der Waals surface area contributed by atoms with Gasteiger partial charge < -0.3 is 5.32 Å². The van der Waals surface area contributed by atoms with Gasteiger partial charge in [-0.3, -0.25) is 0 Å². The number of rotatable bonds is 1. The summed E-state index contributed by atoms with van der Waals surface area (Å²) in [5, 5.41) is 7.54. The van der Waals surface area contributed by atoms with E-state index in [9.17, 15) is 0 Å². The number of hydrogen-bond acceptors (Lipinski definition) is 2. The lowest BCUT2D eigenvalue weighted by Gasteiger charge is -2.03. The van der Waals surface area contributed by atoms with Gasteiger partial charge in [-0.25, -0.2) is 4.68 Å². The molecule has 0 spiro atoms.